The van der Waals surface area contributed by atoms with Gasteiger partial charge in [-0.15, -0.1) is 0 Å². The Balaban J connectivity index is 1.90. The molecular formula is C18H16F2N4O2S. The first kappa shape index (κ1) is 19.0. The van der Waals surface area contributed by atoms with Gasteiger partial charge in [0.25, 0.3) is 17.2 Å². The molecule has 0 atom stereocenters. The van der Waals surface area contributed by atoms with E-state index in [-0.39, 0.29) is 34.5 Å². The zero-order chi connectivity index (χ0) is 19.4. The maximum atomic E-state index is 12.8. The summed E-state index contributed by atoms with van der Waals surface area (Å²) >= 11 is 0.227. The molecule has 0 radical (unpaired) electrons. The third kappa shape index (κ3) is 4.30. The maximum Gasteiger partial charge on any atom is 0.290 e. The second-order valence-electron chi connectivity index (χ2n) is 5.58. The number of alkyl halides is 2. The van der Waals surface area contributed by atoms with Crippen molar-refractivity contribution < 1.29 is 13.6 Å². The molecule has 6 nitrogen and oxygen atoms in total. The fourth-order valence-corrected chi connectivity index (χ4v) is 3.19. The molecule has 3 aromatic rings. The summed E-state index contributed by atoms with van der Waals surface area (Å²) in [5.74, 6) is -2.81. The summed E-state index contributed by atoms with van der Waals surface area (Å²) in [5.41, 5.74) is 0.317. The molecule has 140 valence electrons. The molecule has 1 N–H and O–H groups in total. The third-order valence-electron chi connectivity index (χ3n) is 3.87. The first-order valence-electron chi connectivity index (χ1n) is 8.16. The number of H-pyrrole nitrogens is 1. The number of pyridine rings is 1. The lowest BCUT2D eigenvalue weighted by Crippen LogP contribution is -2.32. The number of benzene rings is 1. The van der Waals surface area contributed by atoms with E-state index >= 15 is 0 Å². The number of hydrogen-bond donors (Lipinski definition) is 1. The minimum Gasteiger partial charge on any atom is -0.331 e. The van der Waals surface area contributed by atoms with Crippen molar-refractivity contribution in [2.75, 3.05) is 6.54 Å². The fraction of sp³-hybridized carbons (Fsp3) is 0.222. The Bertz CT molecular complexity index is 1030. The van der Waals surface area contributed by atoms with Crippen LogP contribution in [0.15, 0.2) is 52.4 Å². The molecule has 2 aromatic heterocycles. The van der Waals surface area contributed by atoms with E-state index in [4.69, 9.17) is 0 Å². The quantitative estimate of drug-likeness (QED) is 0.654. The number of halogens is 2. The van der Waals surface area contributed by atoms with Gasteiger partial charge in [0.05, 0.1) is 23.0 Å². The predicted octanol–water partition coefficient (Wildman–Crippen LogP) is 3.30. The highest BCUT2D eigenvalue weighted by Gasteiger charge is 2.22. The molecule has 0 aliphatic rings. The maximum absolute atomic E-state index is 12.8. The number of nitrogens with zero attached hydrogens (tertiary/aromatic N) is 3. The lowest BCUT2D eigenvalue weighted by Gasteiger charge is -2.21. The number of fused-ring (bicyclic) bond motifs is 1. The molecule has 3 rings (SSSR count). The predicted molar refractivity (Wildman–Crippen MR) is 98.9 cm³/mol. The topological polar surface area (TPSA) is 79.0 Å². The normalized spacial score (nSPS) is 11.1. The zero-order valence-corrected chi connectivity index (χ0v) is 15.2. The molecule has 2 heterocycles. The molecule has 0 saturated heterocycles. The van der Waals surface area contributed by atoms with Crippen LogP contribution in [0.3, 0.4) is 0 Å². The Hall–Kier alpha value is -2.81. The van der Waals surface area contributed by atoms with Gasteiger partial charge in [-0.2, -0.15) is 8.78 Å². The minimum atomic E-state index is -2.68. The van der Waals surface area contributed by atoms with Crippen LogP contribution in [0.2, 0.25) is 0 Å². The van der Waals surface area contributed by atoms with Crippen molar-refractivity contribution in [3.05, 3.63) is 64.3 Å². The summed E-state index contributed by atoms with van der Waals surface area (Å²) in [4.78, 5) is 37.4. The average Bonchev–Trinajstić information content (AvgIpc) is 2.65. The van der Waals surface area contributed by atoms with Crippen molar-refractivity contribution in [1.82, 2.24) is 19.9 Å². The smallest absolute Gasteiger partial charge is 0.290 e. The minimum absolute atomic E-state index is 0.0316. The van der Waals surface area contributed by atoms with Gasteiger partial charge in [-0.05, 0) is 43.0 Å². The van der Waals surface area contributed by atoms with Crippen LogP contribution >= 0.6 is 11.8 Å². The number of carbonyl (C=O) groups is 1. The van der Waals surface area contributed by atoms with Gasteiger partial charge in [-0.25, -0.2) is 9.97 Å². The molecule has 0 aliphatic heterocycles. The van der Waals surface area contributed by atoms with Gasteiger partial charge in [0, 0.05) is 12.7 Å². The molecule has 0 bridgehead atoms. The van der Waals surface area contributed by atoms with E-state index in [1.54, 1.807) is 31.2 Å². The van der Waals surface area contributed by atoms with E-state index in [1.165, 1.54) is 23.2 Å². The molecule has 9 heteroatoms. The van der Waals surface area contributed by atoms with Crippen molar-refractivity contribution in [2.24, 2.45) is 0 Å². The Morgan fingerprint density at radius 3 is 2.78 bits per heavy atom. The fourth-order valence-electron chi connectivity index (χ4n) is 2.62. The molecule has 1 amide bonds. The highest BCUT2D eigenvalue weighted by molar-refractivity contribution is 7.99. The number of aromatic amines is 1. The zero-order valence-electron chi connectivity index (χ0n) is 14.4. The van der Waals surface area contributed by atoms with E-state index in [9.17, 15) is 18.4 Å². The van der Waals surface area contributed by atoms with Gasteiger partial charge in [-0.3, -0.25) is 9.59 Å². The number of thioether (sulfide) groups is 1. The van der Waals surface area contributed by atoms with Crippen molar-refractivity contribution in [1.29, 1.82) is 0 Å². The highest BCUT2D eigenvalue weighted by Crippen LogP contribution is 2.27. The van der Waals surface area contributed by atoms with Gasteiger partial charge in [0.2, 0.25) is 0 Å². The Morgan fingerprint density at radius 2 is 2.04 bits per heavy atom. The van der Waals surface area contributed by atoms with Crippen LogP contribution in [-0.4, -0.2) is 38.1 Å². The van der Waals surface area contributed by atoms with Gasteiger partial charge < -0.3 is 9.88 Å². The second-order valence-corrected chi connectivity index (χ2v) is 6.56. The number of hydrogen-bond acceptors (Lipinski definition) is 5. The number of carbonyl (C=O) groups excluding carboxylic acids is 1. The second kappa shape index (κ2) is 8.26. The largest absolute Gasteiger partial charge is 0.331 e. The molecule has 0 fully saturated rings. The van der Waals surface area contributed by atoms with Crippen LogP contribution in [0.5, 0.6) is 0 Å². The molecule has 0 saturated carbocycles. The van der Waals surface area contributed by atoms with Crippen LogP contribution in [-0.2, 0) is 6.54 Å². The average molecular weight is 390 g/mol. The van der Waals surface area contributed by atoms with E-state index in [0.29, 0.717) is 23.3 Å². The summed E-state index contributed by atoms with van der Waals surface area (Å²) in [5, 5.41) is 0.425. The number of aromatic nitrogens is 3. The van der Waals surface area contributed by atoms with E-state index < -0.39 is 11.7 Å². The summed E-state index contributed by atoms with van der Waals surface area (Å²) < 4.78 is 25.5. The Morgan fingerprint density at radius 1 is 1.26 bits per heavy atom. The van der Waals surface area contributed by atoms with Crippen LogP contribution in [0, 0.1) is 0 Å². The lowest BCUT2D eigenvalue weighted by atomic mass is 10.2. The van der Waals surface area contributed by atoms with E-state index in [1.807, 2.05) is 0 Å². The third-order valence-corrected chi connectivity index (χ3v) is 4.60. The van der Waals surface area contributed by atoms with Gasteiger partial charge in [0.15, 0.2) is 0 Å². The van der Waals surface area contributed by atoms with Crippen molar-refractivity contribution in [3.63, 3.8) is 0 Å². The summed E-state index contributed by atoms with van der Waals surface area (Å²) in [6.07, 6.45) is 1.36. The summed E-state index contributed by atoms with van der Waals surface area (Å²) in [7, 11) is 0. The number of rotatable bonds is 6. The first-order chi connectivity index (χ1) is 13.0. The summed E-state index contributed by atoms with van der Waals surface area (Å²) in [6, 6.07) is 9.87. The van der Waals surface area contributed by atoms with E-state index in [2.05, 4.69) is 15.0 Å². The first-order valence-corrected chi connectivity index (χ1v) is 9.04. The van der Waals surface area contributed by atoms with Crippen LogP contribution in [0.25, 0.3) is 10.9 Å². The van der Waals surface area contributed by atoms with Crippen molar-refractivity contribution >= 4 is 28.6 Å². The molecule has 0 spiro atoms. The molecule has 0 aliphatic carbocycles. The molecule has 1 aromatic carbocycles. The standard InChI is InChI=1S/C18H16F2N4O2S/c1-2-24(17(26)12-7-5-9-21-16(12)27-18(19)20)10-14-22-13-8-4-3-6-11(13)15(25)23-14/h3-9,18H,2,10H2,1H3,(H,22,23,25). The van der Waals surface area contributed by atoms with Crippen molar-refractivity contribution in [2.45, 2.75) is 24.3 Å². The number of nitrogens with one attached hydrogen (secondary N) is 1. The Kier molecular flexibility index (Phi) is 5.80. The highest BCUT2D eigenvalue weighted by atomic mass is 32.2. The monoisotopic (exact) mass is 390 g/mol. The summed E-state index contributed by atoms with van der Waals surface area (Å²) in [6.45, 7) is 2.11. The van der Waals surface area contributed by atoms with Gasteiger partial charge in [0.1, 0.15) is 10.9 Å². The SMILES string of the molecule is CCN(Cc1nc2ccccc2c(=O)[nH]1)C(=O)c1cccnc1SC(F)F. The van der Waals surface area contributed by atoms with Crippen LogP contribution < -0.4 is 5.56 Å². The number of para-hydroxylation sites is 1. The molecular weight excluding hydrogens is 374 g/mol. The van der Waals surface area contributed by atoms with Crippen molar-refractivity contribution in [3.8, 4) is 0 Å². The van der Waals surface area contributed by atoms with Crippen LogP contribution in [0.4, 0.5) is 8.78 Å². The van der Waals surface area contributed by atoms with Gasteiger partial charge in [-0.1, -0.05) is 12.1 Å². The lowest BCUT2D eigenvalue weighted by molar-refractivity contribution is 0.0744. The molecule has 27 heavy (non-hydrogen) atoms. The van der Waals surface area contributed by atoms with Crippen LogP contribution in [0.1, 0.15) is 23.1 Å². The Labute approximate surface area is 157 Å². The molecule has 0 unspecified atom stereocenters. The van der Waals surface area contributed by atoms with Gasteiger partial charge >= 0.3 is 0 Å². The number of amides is 1. The van der Waals surface area contributed by atoms with E-state index in [0.717, 1.165) is 0 Å².